The van der Waals surface area contributed by atoms with Crippen LogP contribution in [0.15, 0.2) is 53.5 Å². The normalized spacial score (nSPS) is 17.9. The maximum atomic E-state index is 13.4. The van der Waals surface area contributed by atoms with Crippen molar-refractivity contribution in [3.63, 3.8) is 0 Å². The van der Waals surface area contributed by atoms with E-state index < -0.39 is 11.6 Å². The molecule has 0 spiro atoms. The van der Waals surface area contributed by atoms with E-state index in [0.717, 1.165) is 11.6 Å². The summed E-state index contributed by atoms with van der Waals surface area (Å²) in [6.07, 6.45) is 0. The number of nitrogens with two attached hydrogens (primary N) is 1. The molecule has 1 aliphatic heterocycles. The molecule has 0 aliphatic carbocycles. The van der Waals surface area contributed by atoms with Gasteiger partial charge in [0.2, 0.25) is 0 Å². The van der Waals surface area contributed by atoms with Gasteiger partial charge in [-0.05, 0) is 23.3 Å². The van der Waals surface area contributed by atoms with E-state index in [9.17, 15) is 8.78 Å². The van der Waals surface area contributed by atoms with E-state index >= 15 is 0 Å². The quantitative estimate of drug-likeness (QED) is 0.943. The van der Waals surface area contributed by atoms with E-state index in [2.05, 4.69) is 4.99 Å². The largest absolute Gasteiger partial charge is 0.370 e. The monoisotopic (exact) mass is 287 g/mol. The summed E-state index contributed by atoms with van der Waals surface area (Å²) in [5.74, 6) is -0.779. The zero-order chi connectivity index (χ0) is 14.8. The molecule has 0 bridgehead atoms. The van der Waals surface area contributed by atoms with E-state index in [1.54, 1.807) is 0 Å². The van der Waals surface area contributed by atoms with Crippen molar-refractivity contribution in [2.24, 2.45) is 10.7 Å². The Morgan fingerprint density at radius 3 is 2.43 bits per heavy atom. The molecular weight excluding hydrogens is 272 g/mol. The van der Waals surface area contributed by atoms with Crippen molar-refractivity contribution >= 4 is 5.96 Å². The maximum absolute atomic E-state index is 13.4. The van der Waals surface area contributed by atoms with Gasteiger partial charge in [0.05, 0.1) is 12.6 Å². The predicted octanol–water partition coefficient (Wildman–Crippen LogP) is 2.84. The fourth-order valence-electron chi connectivity index (χ4n) is 2.55. The minimum atomic E-state index is -0.588. The number of aliphatic imine (C=N–C) groups is 1. The standard InChI is InChI=1S/C16H15F2N3/c17-13-6-12(7-14(18)8-13)15-9-20-16(19)21(15)10-11-4-2-1-3-5-11/h1-8,15H,9-10H2,(H2,19,20). The van der Waals surface area contributed by atoms with Crippen LogP contribution in [0.25, 0.3) is 0 Å². The lowest BCUT2D eigenvalue weighted by Gasteiger charge is -2.26. The summed E-state index contributed by atoms with van der Waals surface area (Å²) in [6, 6.07) is 13.1. The third-order valence-electron chi connectivity index (χ3n) is 3.56. The first-order valence-electron chi connectivity index (χ1n) is 6.70. The SMILES string of the molecule is NC1=NCC(c2cc(F)cc(F)c2)N1Cc1ccccc1. The second kappa shape index (κ2) is 5.52. The number of rotatable bonds is 3. The molecule has 1 atom stereocenters. The molecule has 0 aromatic heterocycles. The number of nitrogens with zero attached hydrogens (tertiary/aromatic N) is 2. The smallest absolute Gasteiger partial charge is 0.192 e. The van der Waals surface area contributed by atoms with Crippen molar-refractivity contribution in [3.8, 4) is 0 Å². The Bertz CT molecular complexity index is 650. The Morgan fingerprint density at radius 1 is 1.10 bits per heavy atom. The van der Waals surface area contributed by atoms with E-state index in [1.807, 2.05) is 35.2 Å². The van der Waals surface area contributed by atoms with Crippen molar-refractivity contribution in [2.75, 3.05) is 6.54 Å². The third kappa shape index (κ3) is 2.86. The van der Waals surface area contributed by atoms with Crippen LogP contribution in [0.5, 0.6) is 0 Å². The molecule has 2 N–H and O–H groups in total. The van der Waals surface area contributed by atoms with Crippen LogP contribution in [-0.2, 0) is 6.54 Å². The number of benzene rings is 2. The second-order valence-corrected chi connectivity index (χ2v) is 5.03. The molecular formula is C16H15F2N3. The first kappa shape index (κ1) is 13.5. The Morgan fingerprint density at radius 2 is 1.76 bits per heavy atom. The van der Waals surface area contributed by atoms with Crippen molar-refractivity contribution < 1.29 is 8.78 Å². The second-order valence-electron chi connectivity index (χ2n) is 5.03. The summed E-state index contributed by atoms with van der Waals surface area (Å²) in [5.41, 5.74) is 7.54. The molecule has 1 aliphatic rings. The predicted molar refractivity (Wildman–Crippen MR) is 77.6 cm³/mol. The van der Waals surface area contributed by atoms with Crippen LogP contribution in [0, 0.1) is 11.6 Å². The molecule has 5 heteroatoms. The Balaban J connectivity index is 1.88. The molecule has 0 fully saturated rings. The number of halogens is 2. The van der Waals surface area contributed by atoms with E-state index in [0.29, 0.717) is 24.6 Å². The molecule has 3 nitrogen and oxygen atoms in total. The topological polar surface area (TPSA) is 41.6 Å². The van der Waals surface area contributed by atoms with Crippen LogP contribution in [0.3, 0.4) is 0 Å². The lowest BCUT2D eigenvalue weighted by molar-refractivity contribution is 0.338. The van der Waals surface area contributed by atoms with Crippen LogP contribution in [-0.4, -0.2) is 17.4 Å². The molecule has 0 amide bonds. The van der Waals surface area contributed by atoms with Gasteiger partial charge in [-0.3, -0.25) is 4.99 Å². The fraction of sp³-hybridized carbons (Fsp3) is 0.188. The zero-order valence-electron chi connectivity index (χ0n) is 11.3. The molecule has 108 valence electrons. The molecule has 1 heterocycles. The van der Waals surface area contributed by atoms with Gasteiger partial charge in [0.15, 0.2) is 5.96 Å². The molecule has 0 radical (unpaired) electrons. The van der Waals surface area contributed by atoms with Crippen molar-refractivity contribution in [1.82, 2.24) is 4.90 Å². The molecule has 2 aromatic carbocycles. The minimum absolute atomic E-state index is 0.240. The van der Waals surface area contributed by atoms with Gasteiger partial charge in [0.25, 0.3) is 0 Å². The number of hydrogen-bond donors (Lipinski definition) is 1. The lowest BCUT2D eigenvalue weighted by atomic mass is 10.0. The summed E-state index contributed by atoms with van der Waals surface area (Å²) in [5, 5.41) is 0. The highest BCUT2D eigenvalue weighted by Gasteiger charge is 2.28. The molecule has 3 rings (SSSR count). The van der Waals surface area contributed by atoms with Crippen LogP contribution >= 0.6 is 0 Å². The average molecular weight is 287 g/mol. The maximum Gasteiger partial charge on any atom is 0.192 e. The summed E-state index contributed by atoms with van der Waals surface area (Å²) >= 11 is 0. The summed E-state index contributed by atoms with van der Waals surface area (Å²) in [4.78, 5) is 6.07. The van der Waals surface area contributed by atoms with Gasteiger partial charge in [-0.1, -0.05) is 30.3 Å². The fourth-order valence-corrected chi connectivity index (χ4v) is 2.55. The van der Waals surface area contributed by atoms with Crippen LogP contribution in [0.2, 0.25) is 0 Å². The summed E-state index contributed by atoms with van der Waals surface area (Å²) < 4.78 is 26.8. The van der Waals surface area contributed by atoms with E-state index in [1.165, 1.54) is 12.1 Å². The molecule has 0 saturated carbocycles. The van der Waals surface area contributed by atoms with Gasteiger partial charge in [-0.2, -0.15) is 0 Å². The van der Waals surface area contributed by atoms with Crippen LogP contribution in [0.4, 0.5) is 8.78 Å². The first-order valence-corrected chi connectivity index (χ1v) is 6.70. The van der Waals surface area contributed by atoms with Crippen molar-refractivity contribution in [3.05, 3.63) is 71.3 Å². The third-order valence-corrected chi connectivity index (χ3v) is 3.56. The van der Waals surface area contributed by atoms with Gasteiger partial charge in [-0.25, -0.2) is 8.78 Å². The Hall–Kier alpha value is -2.43. The highest BCUT2D eigenvalue weighted by atomic mass is 19.1. The minimum Gasteiger partial charge on any atom is -0.370 e. The Kier molecular flexibility index (Phi) is 3.56. The molecule has 1 unspecified atom stereocenters. The van der Waals surface area contributed by atoms with Crippen molar-refractivity contribution in [1.29, 1.82) is 0 Å². The van der Waals surface area contributed by atoms with E-state index in [4.69, 9.17) is 5.73 Å². The van der Waals surface area contributed by atoms with Gasteiger partial charge in [-0.15, -0.1) is 0 Å². The van der Waals surface area contributed by atoms with Crippen LogP contribution in [0.1, 0.15) is 17.2 Å². The van der Waals surface area contributed by atoms with Gasteiger partial charge >= 0.3 is 0 Å². The zero-order valence-corrected chi connectivity index (χ0v) is 11.3. The molecule has 0 saturated heterocycles. The average Bonchev–Trinajstić information content (AvgIpc) is 2.80. The van der Waals surface area contributed by atoms with Gasteiger partial charge in [0.1, 0.15) is 11.6 Å². The highest BCUT2D eigenvalue weighted by molar-refractivity contribution is 5.80. The van der Waals surface area contributed by atoms with Gasteiger partial charge in [0, 0.05) is 12.6 Å². The first-order chi connectivity index (χ1) is 10.1. The Labute approximate surface area is 121 Å². The van der Waals surface area contributed by atoms with Gasteiger partial charge < -0.3 is 10.6 Å². The lowest BCUT2D eigenvalue weighted by Crippen LogP contribution is -2.35. The number of hydrogen-bond acceptors (Lipinski definition) is 3. The summed E-state index contributed by atoms with van der Waals surface area (Å²) in [6.45, 7) is 0.959. The molecule has 2 aromatic rings. The molecule has 21 heavy (non-hydrogen) atoms. The number of guanidine groups is 1. The van der Waals surface area contributed by atoms with Crippen molar-refractivity contribution in [2.45, 2.75) is 12.6 Å². The summed E-state index contributed by atoms with van der Waals surface area (Å²) in [7, 11) is 0. The highest BCUT2D eigenvalue weighted by Crippen LogP contribution is 2.28. The van der Waals surface area contributed by atoms with E-state index in [-0.39, 0.29) is 6.04 Å². The van der Waals surface area contributed by atoms with Crippen LogP contribution < -0.4 is 5.73 Å².